The maximum Gasteiger partial charge on any atom is 0.318 e. The molecule has 0 N–H and O–H groups in total. The standard InChI is InChI=1S/C32H36F2N8O2/c1-20(39(4)23-8-9-23)19-44-32-37-27-18-40(28-16-36-14-22-6-5-7-26(34)29(22)28)11-10-25(27)30(38-32)41-12-13-42(31(43)21(2)33)24(17-41)15-35-3/h5-7,14,16,20,23-24H,2,8-13,15,17-19H2,1,4H3/t20-,24+/m1/s1. The molecule has 2 aliphatic heterocycles. The molecule has 0 unspecified atom stereocenters. The number of pyridine rings is 1. The molecule has 12 heteroatoms. The summed E-state index contributed by atoms with van der Waals surface area (Å²) in [6, 6.07) is 5.45. The first-order valence-corrected chi connectivity index (χ1v) is 15.0. The third-order valence-corrected chi connectivity index (χ3v) is 8.92. The van der Waals surface area contributed by atoms with Crippen molar-refractivity contribution in [3.63, 3.8) is 0 Å². The number of carbonyl (C=O) groups is 1. The molecule has 1 saturated carbocycles. The van der Waals surface area contributed by atoms with Crippen LogP contribution in [0.5, 0.6) is 6.01 Å². The van der Waals surface area contributed by atoms with E-state index in [0.717, 1.165) is 16.6 Å². The molecule has 3 aromatic rings. The minimum atomic E-state index is -1.03. The maximum atomic E-state index is 15.0. The summed E-state index contributed by atoms with van der Waals surface area (Å²) in [6.07, 6.45) is 6.32. The number of anilines is 2. The van der Waals surface area contributed by atoms with Gasteiger partial charge >= 0.3 is 6.01 Å². The van der Waals surface area contributed by atoms with Crippen LogP contribution in [0.2, 0.25) is 0 Å². The molecule has 44 heavy (non-hydrogen) atoms. The lowest BCUT2D eigenvalue weighted by Gasteiger charge is -2.41. The van der Waals surface area contributed by atoms with Crippen LogP contribution in [-0.4, -0.2) is 95.2 Å². The molecule has 4 heterocycles. The molecular formula is C32H36F2N8O2. The van der Waals surface area contributed by atoms with Crippen LogP contribution in [0.25, 0.3) is 15.6 Å². The van der Waals surface area contributed by atoms with Crippen LogP contribution in [0.1, 0.15) is 31.0 Å². The van der Waals surface area contributed by atoms with Crippen LogP contribution in [-0.2, 0) is 17.8 Å². The van der Waals surface area contributed by atoms with Crippen molar-refractivity contribution < 1.29 is 18.3 Å². The van der Waals surface area contributed by atoms with Gasteiger partial charge in [0.05, 0.1) is 24.1 Å². The highest BCUT2D eigenvalue weighted by atomic mass is 19.1. The van der Waals surface area contributed by atoms with Gasteiger partial charge in [-0.15, -0.1) is 0 Å². The van der Waals surface area contributed by atoms with Crippen LogP contribution in [0.3, 0.4) is 0 Å². The van der Waals surface area contributed by atoms with Gasteiger partial charge < -0.3 is 24.3 Å². The predicted octanol–water partition coefficient (Wildman–Crippen LogP) is 4.01. The fourth-order valence-corrected chi connectivity index (χ4v) is 6.22. The lowest BCUT2D eigenvalue weighted by atomic mass is 10.0. The number of hydrogen-bond donors (Lipinski definition) is 0. The normalized spacial score (nSPS) is 19.1. The molecule has 0 radical (unpaired) electrons. The van der Waals surface area contributed by atoms with Crippen LogP contribution < -0.4 is 14.5 Å². The Morgan fingerprint density at radius 3 is 2.80 bits per heavy atom. The van der Waals surface area contributed by atoms with Gasteiger partial charge in [-0.1, -0.05) is 18.7 Å². The molecule has 1 saturated heterocycles. The van der Waals surface area contributed by atoms with E-state index in [4.69, 9.17) is 21.3 Å². The first-order valence-electron chi connectivity index (χ1n) is 15.0. The average Bonchev–Trinajstić information content (AvgIpc) is 3.88. The van der Waals surface area contributed by atoms with Gasteiger partial charge in [-0.05, 0) is 39.3 Å². The lowest BCUT2D eigenvalue weighted by molar-refractivity contribution is -0.131. The Kier molecular flexibility index (Phi) is 8.31. The number of amides is 1. The monoisotopic (exact) mass is 602 g/mol. The molecule has 2 fully saturated rings. The molecule has 1 aromatic carbocycles. The number of piperazine rings is 1. The van der Waals surface area contributed by atoms with Gasteiger partial charge in [-0.2, -0.15) is 9.97 Å². The number of fused-ring (bicyclic) bond motifs is 2. The molecule has 0 spiro atoms. The maximum absolute atomic E-state index is 15.0. The van der Waals surface area contributed by atoms with E-state index in [-0.39, 0.29) is 31.0 Å². The highest BCUT2D eigenvalue weighted by Gasteiger charge is 2.36. The average molecular weight is 603 g/mol. The van der Waals surface area contributed by atoms with E-state index in [0.29, 0.717) is 62.1 Å². The summed E-state index contributed by atoms with van der Waals surface area (Å²) < 4.78 is 35.0. The zero-order valence-electron chi connectivity index (χ0n) is 25.0. The van der Waals surface area contributed by atoms with Gasteiger partial charge in [-0.25, -0.2) is 15.4 Å². The topological polar surface area (TPSA) is 82.3 Å². The molecule has 2 aromatic heterocycles. The Labute approximate surface area is 255 Å². The molecule has 6 rings (SSSR count). The van der Waals surface area contributed by atoms with Crippen LogP contribution in [0.15, 0.2) is 43.0 Å². The van der Waals surface area contributed by atoms with Gasteiger partial charge in [0, 0.05) is 60.8 Å². The van der Waals surface area contributed by atoms with Crippen molar-refractivity contribution in [3.05, 3.63) is 71.5 Å². The number of halogens is 2. The lowest BCUT2D eigenvalue weighted by Crippen LogP contribution is -2.57. The molecule has 10 nitrogen and oxygen atoms in total. The fourth-order valence-electron chi connectivity index (χ4n) is 6.22. The number of nitrogens with zero attached hydrogens (tertiary/aromatic N) is 8. The van der Waals surface area contributed by atoms with E-state index in [1.54, 1.807) is 18.5 Å². The summed E-state index contributed by atoms with van der Waals surface area (Å²) >= 11 is 0. The smallest absolute Gasteiger partial charge is 0.318 e. The minimum Gasteiger partial charge on any atom is -0.462 e. The van der Waals surface area contributed by atoms with E-state index >= 15 is 4.39 Å². The first-order chi connectivity index (χ1) is 21.2. The largest absolute Gasteiger partial charge is 0.462 e. The Bertz CT molecular complexity index is 1620. The van der Waals surface area contributed by atoms with Gasteiger partial charge in [0.15, 0.2) is 5.83 Å². The second-order valence-electron chi connectivity index (χ2n) is 11.8. The number of benzene rings is 1. The molecule has 230 valence electrons. The number of aromatic nitrogens is 3. The number of ether oxygens (including phenoxy) is 1. The first kappa shape index (κ1) is 29.7. The van der Waals surface area contributed by atoms with Crippen molar-refractivity contribution in [1.82, 2.24) is 24.8 Å². The summed E-state index contributed by atoms with van der Waals surface area (Å²) in [5, 5.41) is 1.24. The third-order valence-electron chi connectivity index (χ3n) is 8.92. The van der Waals surface area contributed by atoms with Crippen LogP contribution in [0.4, 0.5) is 20.3 Å². The Balaban J connectivity index is 1.33. The molecule has 1 amide bonds. The Hall–Kier alpha value is -4.37. The number of hydrogen-bond acceptors (Lipinski definition) is 8. The SMILES string of the molecule is [C-]#[N+]C[C@H]1CN(c2nc(OC[C@@H](C)N(C)C3CC3)nc3c2CCN(c2cncc4cccc(F)c24)C3)CCN1C(=O)C(=C)F. The second-order valence-corrected chi connectivity index (χ2v) is 11.8. The van der Waals surface area contributed by atoms with Gasteiger partial charge in [0.2, 0.25) is 6.54 Å². The van der Waals surface area contributed by atoms with E-state index in [1.807, 2.05) is 11.0 Å². The Morgan fingerprint density at radius 1 is 1.23 bits per heavy atom. The van der Waals surface area contributed by atoms with Crippen molar-refractivity contribution in [2.24, 2.45) is 0 Å². The molecule has 3 aliphatic rings. The van der Waals surface area contributed by atoms with Crippen molar-refractivity contribution in [2.75, 3.05) is 56.2 Å². The second kappa shape index (κ2) is 12.3. The summed E-state index contributed by atoms with van der Waals surface area (Å²) in [7, 11) is 2.10. The zero-order valence-corrected chi connectivity index (χ0v) is 25.0. The minimum absolute atomic E-state index is 0.0323. The van der Waals surface area contributed by atoms with E-state index < -0.39 is 17.8 Å². The predicted molar refractivity (Wildman–Crippen MR) is 164 cm³/mol. The van der Waals surface area contributed by atoms with Crippen molar-refractivity contribution in [3.8, 4) is 6.01 Å². The number of likely N-dealkylation sites (N-methyl/N-ethyl adjacent to an activating group) is 1. The van der Waals surface area contributed by atoms with Gasteiger partial charge in [0.25, 0.3) is 5.91 Å². The summed E-state index contributed by atoms with van der Waals surface area (Å²) in [5.41, 5.74) is 2.41. The van der Waals surface area contributed by atoms with E-state index in [1.165, 1.54) is 23.8 Å². The fraction of sp³-hybridized carbons (Fsp3) is 0.469. The van der Waals surface area contributed by atoms with E-state index in [2.05, 4.69) is 40.2 Å². The molecule has 0 bridgehead atoms. The zero-order chi connectivity index (χ0) is 31.0. The molecular weight excluding hydrogens is 566 g/mol. The van der Waals surface area contributed by atoms with Gasteiger partial charge in [-0.3, -0.25) is 14.7 Å². The quantitative estimate of drug-likeness (QED) is 0.269. The van der Waals surface area contributed by atoms with Crippen molar-refractivity contribution >= 4 is 28.2 Å². The molecule has 2 atom stereocenters. The van der Waals surface area contributed by atoms with E-state index in [9.17, 15) is 9.18 Å². The highest BCUT2D eigenvalue weighted by Crippen LogP contribution is 2.35. The van der Waals surface area contributed by atoms with Crippen LogP contribution in [0, 0.1) is 12.4 Å². The number of rotatable bonds is 9. The van der Waals surface area contributed by atoms with Crippen molar-refractivity contribution in [1.29, 1.82) is 0 Å². The molecule has 1 aliphatic carbocycles. The van der Waals surface area contributed by atoms with Crippen molar-refractivity contribution in [2.45, 2.75) is 50.9 Å². The summed E-state index contributed by atoms with van der Waals surface area (Å²) in [5.74, 6) is -1.43. The third kappa shape index (κ3) is 5.88. The summed E-state index contributed by atoms with van der Waals surface area (Å²) in [4.78, 5) is 37.9. The Morgan fingerprint density at radius 2 is 2.05 bits per heavy atom. The number of carbonyl (C=O) groups excluding carboxylic acids is 1. The van der Waals surface area contributed by atoms with Crippen LogP contribution >= 0.6 is 0 Å². The highest BCUT2D eigenvalue weighted by molar-refractivity contribution is 5.94. The summed E-state index contributed by atoms with van der Waals surface area (Å²) in [6.45, 7) is 15.1. The van der Waals surface area contributed by atoms with Gasteiger partial charge in [0.1, 0.15) is 24.3 Å².